The van der Waals surface area contributed by atoms with Crippen LogP contribution in [0.2, 0.25) is 0 Å². The van der Waals surface area contributed by atoms with Gasteiger partial charge >= 0.3 is 5.97 Å². The molecule has 0 N–H and O–H groups in total. The molecule has 132 valence electrons. The summed E-state index contributed by atoms with van der Waals surface area (Å²) < 4.78 is 19.3. The molecule has 0 aliphatic carbocycles. The van der Waals surface area contributed by atoms with E-state index in [9.17, 15) is 14.0 Å². The molecule has 0 saturated carbocycles. The quantitative estimate of drug-likeness (QED) is 0.628. The van der Waals surface area contributed by atoms with Crippen molar-refractivity contribution in [3.63, 3.8) is 0 Å². The molecule has 26 heavy (non-hydrogen) atoms. The molecule has 0 fully saturated rings. The summed E-state index contributed by atoms with van der Waals surface area (Å²) in [6.07, 6.45) is 0. The van der Waals surface area contributed by atoms with E-state index in [0.29, 0.717) is 16.4 Å². The van der Waals surface area contributed by atoms with E-state index in [2.05, 4.69) is 4.98 Å². The number of halogens is 1. The van der Waals surface area contributed by atoms with E-state index in [1.807, 2.05) is 6.07 Å². The van der Waals surface area contributed by atoms with E-state index < -0.39 is 11.8 Å². The van der Waals surface area contributed by atoms with Crippen molar-refractivity contribution in [2.75, 3.05) is 4.90 Å². The van der Waals surface area contributed by atoms with Gasteiger partial charge in [-0.1, -0.05) is 30.3 Å². The van der Waals surface area contributed by atoms with Gasteiger partial charge in [0.05, 0.1) is 16.9 Å². The monoisotopic (exact) mass is 370 g/mol. The number of carbonyl (C=O) groups excluding carboxylic acids is 2. The summed E-state index contributed by atoms with van der Waals surface area (Å²) in [6.45, 7) is 1.30. The summed E-state index contributed by atoms with van der Waals surface area (Å²) in [5.74, 6) is -1.34. The minimum Gasteiger partial charge on any atom is -0.456 e. The van der Waals surface area contributed by atoms with Gasteiger partial charge < -0.3 is 4.74 Å². The van der Waals surface area contributed by atoms with Gasteiger partial charge in [-0.25, -0.2) is 14.2 Å². The lowest BCUT2D eigenvalue weighted by Gasteiger charge is -2.18. The molecule has 3 rings (SSSR count). The van der Waals surface area contributed by atoms with Crippen LogP contribution in [0, 0.1) is 5.82 Å². The van der Waals surface area contributed by atoms with Crippen molar-refractivity contribution in [2.24, 2.45) is 0 Å². The third kappa shape index (κ3) is 3.94. The maximum absolute atomic E-state index is 14.0. The molecule has 3 aromatic rings. The first-order valence-corrected chi connectivity index (χ1v) is 8.66. The van der Waals surface area contributed by atoms with Crippen molar-refractivity contribution in [3.05, 3.63) is 77.1 Å². The van der Waals surface area contributed by atoms with Gasteiger partial charge in [0.15, 0.2) is 5.13 Å². The third-order valence-corrected chi connectivity index (χ3v) is 4.37. The molecular weight excluding hydrogens is 355 g/mol. The lowest BCUT2D eigenvalue weighted by Crippen LogP contribution is -2.23. The van der Waals surface area contributed by atoms with E-state index in [1.165, 1.54) is 35.3 Å². The van der Waals surface area contributed by atoms with Crippen LogP contribution in [0.25, 0.3) is 0 Å². The predicted octanol–water partition coefficient (Wildman–Crippen LogP) is 4.32. The lowest BCUT2D eigenvalue weighted by atomic mass is 10.2. The molecule has 0 aliphatic rings. The van der Waals surface area contributed by atoms with Gasteiger partial charge in [0.2, 0.25) is 5.91 Å². The number of nitrogens with zero attached hydrogens (tertiary/aromatic N) is 2. The number of benzene rings is 2. The number of thiazole rings is 1. The second-order valence-electron chi connectivity index (χ2n) is 5.37. The molecule has 1 aromatic heterocycles. The van der Waals surface area contributed by atoms with Crippen LogP contribution in [0.5, 0.6) is 0 Å². The molecule has 0 aliphatic heterocycles. The Hall–Kier alpha value is -3.06. The van der Waals surface area contributed by atoms with E-state index in [0.717, 1.165) is 0 Å². The number of carbonyl (C=O) groups is 2. The molecule has 0 radical (unpaired) electrons. The first-order chi connectivity index (χ1) is 12.6. The van der Waals surface area contributed by atoms with Crippen molar-refractivity contribution >= 4 is 34.0 Å². The fourth-order valence-corrected chi connectivity index (χ4v) is 3.17. The fraction of sp³-hybridized carbons (Fsp3) is 0.105. The SMILES string of the molecule is CC(=O)N(c1nc(COC(=O)c2ccccc2)cs1)c1ccccc1F. The van der Waals surface area contributed by atoms with Crippen LogP contribution in [0.1, 0.15) is 23.0 Å². The highest BCUT2D eigenvalue weighted by atomic mass is 32.1. The Morgan fingerprint density at radius 3 is 2.50 bits per heavy atom. The van der Waals surface area contributed by atoms with Gasteiger partial charge in [-0.2, -0.15) is 0 Å². The second kappa shape index (κ2) is 7.88. The summed E-state index contributed by atoms with van der Waals surface area (Å²) in [5, 5.41) is 1.98. The van der Waals surface area contributed by atoms with Crippen LogP contribution >= 0.6 is 11.3 Å². The normalized spacial score (nSPS) is 10.4. The lowest BCUT2D eigenvalue weighted by molar-refractivity contribution is -0.115. The molecule has 1 amide bonds. The number of hydrogen-bond donors (Lipinski definition) is 0. The Morgan fingerprint density at radius 1 is 1.12 bits per heavy atom. The number of para-hydroxylation sites is 1. The van der Waals surface area contributed by atoms with Crippen LogP contribution in [-0.4, -0.2) is 16.9 Å². The number of aromatic nitrogens is 1. The zero-order valence-corrected chi connectivity index (χ0v) is 14.7. The number of esters is 1. The molecule has 7 heteroatoms. The summed E-state index contributed by atoms with van der Waals surface area (Å²) in [7, 11) is 0. The number of rotatable bonds is 5. The average molecular weight is 370 g/mol. The molecule has 0 spiro atoms. The Morgan fingerprint density at radius 2 is 1.81 bits per heavy atom. The van der Waals surface area contributed by atoms with Crippen LogP contribution in [0.3, 0.4) is 0 Å². The maximum atomic E-state index is 14.0. The Balaban J connectivity index is 1.75. The highest BCUT2D eigenvalue weighted by Crippen LogP contribution is 2.30. The molecule has 0 bridgehead atoms. The van der Waals surface area contributed by atoms with Gasteiger partial charge in [0, 0.05) is 12.3 Å². The first kappa shape index (κ1) is 17.8. The topological polar surface area (TPSA) is 59.5 Å². The zero-order chi connectivity index (χ0) is 18.5. The summed E-state index contributed by atoms with van der Waals surface area (Å²) in [6, 6.07) is 14.6. The first-order valence-electron chi connectivity index (χ1n) is 7.78. The van der Waals surface area contributed by atoms with Crippen LogP contribution in [0.4, 0.5) is 15.2 Å². The van der Waals surface area contributed by atoms with Gasteiger partial charge in [-0.15, -0.1) is 11.3 Å². The molecule has 0 atom stereocenters. The summed E-state index contributed by atoms with van der Waals surface area (Å²) >= 11 is 1.17. The second-order valence-corrected chi connectivity index (χ2v) is 6.21. The Labute approximate surface area is 153 Å². The third-order valence-electron chi connectivity index (χ3n) is 3.50. The predicted molar refractivity (Wildman–Crippen MR) is 96.9 cm³/mol. The van der Waals surface area contributed by atoms with Crippen LogP contribution in [-0.2, 0) is 16.1 Å². The fourth-order valence-electron chi connectivity index (χ4n) is 2.30. The maximum Gasteiger partial charge on any atom is 0.338 e. The largest absolute Gasteiger partial charge is 0.456 e. The molecule has 1 heterocycles. The Kier molecular flexibility index (Phi) is 5.38. The van der Waals surface area contributed by atoms with Crippen molar-refractivity contribution < 1.29 is 18.7 Å². The standard InChI is InChI=1S/C19H15FN2O3S/c1-13(23)22(17-10-6-5-9-16(17)20)19-21-15(12-26-19)11-25-18(24)14-7-3-2-4-8-14/h2-10,12H,11H2,1H3. The molecule has 2 aromatic carbocycles. The van der Waals surface area contributed by atoms with Gasteiger partial charge in [0.1, 0.15) is 12.4 Å². The minimum atomic E-state index is -0.519. The van der Waals surface area contributed by atoms with Crippen molar-refractivity contribution in [3.8, 4) is 0 Å². The minimum absolute atomic E-state index is 0.0345. The number of anilines is 2. The van der Waals surface area contributed by atoms with Crippen molar-refractivity contribution in [1.29, 1.82) is 0 Å². The van der Waals surface area contributed by atoms with E-state index >= 15 is 0 Å². The molecule has 0 saturated heterocycles. The van der Waals surface area contributed by atoms with Crippen LogP contribution < -0.4 is 4.90 Å². The van der Waals surface area contributed by atoms with E-state index in [4.69, 9.17) is 4.74 Å². The van der Waals surface area contributed by atoms with Crippen LogP contribution in [0.15, 0.2) is 60.0 Å². The summed E-state index contributed by atoms with van der Waals surface area (Å²) in [4.78, 5) is 29.5. The Bertz CT molecular complexity index is 927. The molecule has 0 unspecified atom stereocenters. The summed E-state index contributed by atoms with van der Waals surface area (Å²) in [5.41, 5.74) is 1.05. The number of ether oxygens (including phenoxy) is 1. The molecular formula is C19H15FN2O3S. The van der Waals surface area contributed by atoms with Crippen molar-refractivity contribution in [1.82, 2.24) is 4.98 Å². The average Bonchev–Trinajstić information content (AvgIpc) is 3.10. The van der Waals surface area contributed by atoms with Gasteiger partial charge in [0.25, 0.3) is 0 Å². The highest BCUT2D eigenvalue weighted by Gasteiger charge is 2.21. The van der Waals surface area contributed by atoms with Crippen molar-refractivity contribution in [2.45, 2.75) is 13.5 Å². The highest BCUT2D eigenvalue weighted by molar-refractivity contribution is 7.14. The smallest absolute Gasteiger partial charge is 0.338 e. The van der Waals surface area contributed by atoms with Gasteiger partial charge in [-0.05, 0) is 24.3 Å². The molecule has 5 nitrogen and oxygen atoms in total. The number of hydrogen-bond acceptors (Lipinski definition) is 5. The van der Waals surface area contributed by atoms with E-state index in [1.54, 1.807) is 41.8 Å². The number of amides is 1. The van der Waals surface area contributed by atoms with E-state index in [-0.39, 0.29) is 18.2 Å². The van der Waals surface area contributed by atoms with Gasteiger partial charge in [-0.3, -0.25) is 9.69 Å². The zero-order valence-electron chi connectivity index (χ0n) is 13.9.